The minimum absolute atomic E-state index is 0.171. The Hall–Kier alpha value is -1.85. The molecule has 0 aliphatic carbocycles. The molecule has 1 N–H and O–H groups in total. The molecular weight excluding hydrogens is 431 g/mol. The van der Waals surface area contributed by atoms with Crippen molar-refractivity contribution in [2.45, 2.75) is 38.1 Å². The molecule has 0 radical (unpaired) electrons. The fourth-order valence-electron chi connectivity index (χ4n) is 2.67. The quantitative estimate of drug-likeness (QED) is 0.539. The first-order valence-corrected chi connectivity index (χ1v) is 9.86. The average Bonchev–Trinajstić information content (AvgIpc) is 2.75. The first kappa shape index (κ1) is 20.5. The predicted molar refractivity (Wildman–Crippen MR) is 96.9 cm³/mol. The highest BCUT2D eigenvalue weighted by Gasteiger charge is 2.29. The molecule has 0 amide bonds. The highest BCUT2D eigenvalue weighted by molar-refractivity contribution is 9.10. The summed E-state index contributed by atoms with van der Waals surface area (Å²) in [5, 5.41) is 15.4. The standard InChI is InChI=1S/C15H18BrFN4O4S/c1-8(5-11-9(2)18-20(4)10(11)3)19-26(24,25)15-6-12(16)13(17)7-14(15)21(22)23/h6-8,19H,5H2,1-4H3/t8-/m0/s1. The topological polar surface area (TPSA) is 107 Å². The Morgan fingerprint density at radius 2 is 2.04 bits per heavy atom. The van der Waals surface area contributed by atoms with Crippen molar-refractivity contribution < 1.29 is 17.7 Å². The molecule has 0 aliphatic rings. The fourth-order valence-corrected chi connectivity index (χ4v) is 4.58. The van der Waals surface area contributed by atoms with Crippen LogP contribution in [0, 0.1) is 29.8 Å². The van der Waals surface area contributed by atoms with E-state index in [1.807, 2.05) is 13.8 Å². The Kier molecular flexibility index (Phi) is 5.83. The SMILES string of the molecule is Cc1nn(C)c(C)c1C[C@H](C)NS(=O)(=O)c1cc(Br)c(F)cc1[N+](=O)[O-]. The second-order valence-corrected chi connectivity index (χ2v) is 8.53. The molecule has 8 nitrogen and oxygen atoms in total. The molecule has 0 unspecified atom stereocenters. The van der Waals surface area contributed by atoms with E-state index in [0.717, 1.165) is 23.0 Å². The highest BCUT2D eigenvalue weighted by atomic mass is 79.9. The second-order valence-electron chi connectivity index (χ2n) is 5.99. The molecule has 0 bridgehead atoms. The van der Waals surface area contributed by atoms with E-state index >= 15 is 0 Å². The van der Waals surface area contributed by atoms with E-state index in [1.54, 1.807) is 18.7 Å². The number of hydrogen-bond acceptors (Lipinski definition) is 5. The number of aryl methyl sites for hydroxylation is 2. The maximum atomic E-state index is 13.6. The summed E-state index contributed by atoms with van der Waals surface area (Å²) in [6.45, 7) is 5.35. The number of benzene rings is 1. The number of hydrogen-bond donors (Lipinski definition) is 1. The Labute approximate surface area is 158 Å². The zero-order valence-electron chi connectivity index (χ0n) is 14.6. The monoisotopic (exact) mass is 448 g/mol. The van der Waals surface area contributed by atoms with Gasteiger partial charge in [0.05, 0.1) is 21.2 Å². The summed E-state index contributed by atoms with van der Waals surface area (Å²) in [4.78, 5) is 9.60. The van der Waals surface area contributed by atoms with E-state index in [1.165, 1.54) is 0 Å². The largest absolute Gasteiger partial charge is 0.292 e. The number of aromatic nitrogens is 2. The summed E-state index contributed by atoms with van der Waals surface area (Å²) in [7, 11) is -2.44. The third-order valence-corrected chi connectivity index (χ3v) is 6.24. The minimum atomic E-state index is -4.23. The maximum absolute atomic E-state index is 13.6. The second kappa shape index (κ2) is 7.41. The summed E-state index contributed by atoms with van der Waals surface area (Å²) < 4.78 is 42.8. The van der Waals surface area contributed by atoms with E-state index < -0.39 is 37.4 Å². The highest BCUT2D eigenvalue weighted by Crippen LogP contribution is 2.30. The lowest BCUT2D eigenvalue weighted by atomic mass is 10.1. The summed E-state index contributed by atoms with van der Waals surface area (Å²) in [6.07, 6.45) is 0.362. The third-order valence-electron chi connectivity index (χ3n) is 4.01. The molecule has 0 saturated carbocycles. The smallest absolute Gasteiger partial charge is 0.272 e. The number of rotatable bonds is 6. The number of nitro groups is 1. The molecule has 11 heteroatoms. The maximum Gasteiger partial charge on any atom is 0.292 e. The van der Waals surface area contributed by atoms with Crippen LogP contribution in [0.3, 0.4) is 0 Å². The van der Waals surface area contributed by atoms with Gasteiger partial charge in [0, 0.05) is 18.8 Å². The minimum Gasteiger partial charge on any atom is -0.272 e. The van der Waals surface area contributed by atoms with Gasteiger partial charge in [-0.1, -0.05) is 0 Å². The van der Waals surface area contributed by atoms with E-state index in [0.29, 0.717) is 12.5 Å². The van der Waals surface area contributed by atoms with Crippen molar-refractivity contribution >= 4 is 31.6 Å². The van der Waals surface area contributed by atoms with Gasteiger partial charge in [0.25, 0.3) is 5.69 Å². The van der Waals surface area contributed by atoms with Gasteiger partial charge in [-0.25, -0.2) is 17.5 Å². The van der Waals surface area contributed by atoms with Gasteiger partial charge >= 0.3 is 0 Å². The molecule has 0 saturated heterocycles. The Balaban J connectivity index is 2.34. The van der Waals surface area contributed by atoms with E-state index in [-0.39, 0.29) is 4.47 Å². The van der Waals surface area contributed by atoms with Crippen molar-refractivity contribution in [3.63, 3.8) is 0 Å². The van der Waals surface area contributed by atoms with Gasteiger partial charge < -0.3 is 0 Å². The zero-order chi connectivity index (χ0) is 19.8. The Morgan fingerprint density at radius 1 is 1.42 bits per heavy atom. The van der Waals surface area contributed by atoms with Crippen LogP contribution >= 0.6 is 15.9 Å². The van der Waals surface area contributed by atoms with Gasteiger partial charge in [-0.2, -0.15) is 5.10 Å². The molecule has 1 heterocycles. The molecule has 1 aromatic carbocycles. The molecule has 26 heavy (non-hydrogen) atoms. The molecule has 1 atom stereocenters. The van der Waals surface area contributed by atoms with Crippen LogP contribution in [0.4, 0.5) is 10.1 Å². The number of nitrogens with zero attached hydrogens (tertiary/aromatic N) is 3. The van der Waals surface area contributed by atoms with E-state index in [9.17, 15) is 22.9 Å². The van der Waals surface area contributed by atoms with Crippen LogP contribution in [-0.4, -0.2) is 29.2 Å². The molecule has 0 fully saturated rings. The zero-order valence-corrected chi connectivity index (χ0v) is 17.0. The molecule has 1 aromatic heterocycles. The van der Waals surface area contributed by atoms with Crippen LogP contribution in [0.1, 0.15) is 23.9 Å². The van der Waals surface area contributed by atoms with Crippen molar-refractivity contribution in [2.75, 3.05) is 0 Å². The molecule has 0 spiro atoms. The molecular formula is C15H18BrFN4O4S. The molecule has 2 aromatic rings. The summed E-state index contributed by atoms with van der Waals surface area (Å²) in [6, 6.07) is 0.923. The number of halogens is 2. The van der Waals surface area contributed by atoms with Crippen LogP contribution < -0.4 is 4.72 Å². The Bertz CT molecular complexity index is 975. The molecule has 142 valence electrons. The van der Waals surface area contributed by atoms with Gasteiger partial charge in [0.15, 0.2) is 4.90 Å². The van der Waals surface area contributed by atoms with Crippen molar-refractivity contribution in [3.05, 3.63) is 49.5 Å². The van der Waals surface area contributed by atoms with Gasteiger partial charge in [-0.15, -0.1) is 0 Å². The van der Waals surface area contributed by atoms with Crippen molar-refractivity contribution in [2.24, 2.45) is 7.05 Å². The van der Waals surface area contributed by atoms with Crippen LogP contribution in [-0.2, 0) is 23.5 Å². The summed E-state index contributed by atoms with van der Waals surface area (Å²) in [5.74, 6) is -0.912. The predicted octanol–water partition coefficient (Wildman–Crippen LogP) is 2.76. The normalized spacial score (nSPS) is 13.0. The van der Waals surface area contributed by atoms with Crippen molar-refractivity contribution in [1.29, 1.82) is 0 Å². The van der Waals surface area contributed by atoms with Crippen molar-refractivity contribution in [1.82, 2.24) is 14.5 Å². The van der Waals surface area contributed by atoms with Crippen LogP contribution in [0.25, 0.3) is 0 Å². The van der Waals surface area contributed by atoms with Gasteiger partial charge in [-0.05, 0) is 54.8 Å². The summed E-state index contributed by atoms with van der Waals surface area (Å²) >= 11 is 2.86. The molecule has 0 aliphatic heterocycles. The third kappa shape index (κ3) is 4.10. The lowest BCUT2D eigenvalue weighted by molar-refractivity contribution is -0.388. The van der Waals surface area contributed by atoms with E-state index in [2.05, 4.69) is 25.8 Å². The van der Waals surface area contributed by atoms with Crippen molar-refractivity contribution in [3.8, 4) is 0 Å². The number of nitro benzene ring substituents is 1. The van der Waals surface area contributed by atoms with E-state index in [4.69, 9.17) is 0 Å². The van der Waals surface area contributed by atoms with Crippen LogP contribution in [0.2, 0.25) is 0 Å². The van der Waals surface area contributed by atoms with Crippen LogP contribution in [0.5, 0.6) is 0 Å². The lowest BCUT2D eigenvalue weighted by Crippen LogP contribution is -2.34. The summed E-state index contributed by atoms with van der Waals surface area (Å²) in [5.41, 5.74) is 1.77. The number of nitrogens with one attached hydrogen (secondary N) is 1. The fraction of sp³-hybridized carbons (Fsp3) is 0.400. The first-order chi connectivity index (χ1) is 11.9. The van der Waals surface area contributed by atoms with Gasteiger partial charge in [0.2, 0.25) is 10.0 Å². The van der Waals surface area contributed by atoms with Gasteiger partial charge in [0.1, 0.15) is 5.82 Å². The number of sulfonamides is 1. The molecule has 2 rings (SSSR count). The Morgan fingerprint density at radius 3 is 2.54 bits per heavy atom. The first-order valence-electron chi connectivity index (χ1n) is 7.59. The van der Waals surface area contributed by atoms with Crippen LogP contribution in [0.15, 0.2) is 21.5 Å². The lowest BCUT2D eigenvalue weighted by Gasteiger charge is -2.15. The van der Waals surface area contributed by atoms with Gasteiger partial charge in [-0.3, -0.25) is 14.8 Å². The average molecular weight is 449 g/mol.